The molecule has 3 saturated heterocycles. The zero-order valence-electron chi connectivity index (χ0n) is 15.6. The fourth-order valence-electron chi connectivity index (χ4n) is 4.80. The van der Waals surface area contributed by atoms with Gasteiger partial charge in [0.2, 0.25) is 5.91 Å². The minimum Gasteiger partial charge on any atom is -0.372 e. The summed E-state index contributed by atoms with van der Waals surface area (Å²) in [6, 6.07) is 5.89. The van der Waals surface area contributed by atoms with E-state index in [1.54, 1.807) is 0 Å². The summed E-state index contributed by atoms with van der Waals surface area (Å²) in [6.07, 6.45) is 3.73. The molecule has 3 fully saturated rings. The van der Waals surface area contributed by atoms with Crippen molar-refractivity contribution < 1.29 is 19.1 Å². The molecule has 2 amide bonds. The van der Waals surface area contributed by atoms with Crippen molar-refractivity contribution in [3.8, 4) is 0 Å². The van der Waals surface area contributed by atoms with Crippen LogP contribution >= 0.6 is 0 Å². The van der Waals surface area contributed by atoms with E-state index >= 15 is 0 Å². The molecule has 1 atom stereocenters. The van der Waals surface area contributed by atoms with Crippen molar-refractivity contribution >= 4 is 11.8 Å². The van der Waals surface area contributed by atoms with E-state index in [0.29, 0.717) is 45.2 Å². The zero-order valence-corrected chi connectivity index (χ0v) is 15.6. The summed E-state index contributed by atoms with van der Waals surface area (Å²) in [7, 11) is 0. The maximum absolute atomic E-state index is 12.8. The molecule has 4 aliphatic rings. The molecule has 4 heterocycles. The van der Waals surface area contributed by atoms with Gasteiger partial charge in [-0.05, 0) is 42.5 Å². The molecule has 5 rings (SSSR count). The van der Waals surface area contributed by atoms with E-state index in [2.05, 4.69) is 0 Å². The van der Waals surface area contributed by atoms with Crippen LogP contribution in [0.4, 0.5) is 0 Å². The van der Waals surface area contributed by atoms with Crippen LogP contribution in [0.1, 0.15) is 47.2 Å². The molecule has 0 radical (unpaired) electrons. The van der Waals surface area contributed by atoms with E-state index in [9.17, 15) is 9.59 Å². The Kier molecular flexibility index (Phi) is 4.20. The van der Waals surface area contributed by atoms with Crippen LogP contribution in [-0.4, -0.2) is 60.0 Å². The third kappa shape index (κ3) is 3.15. The van der Waals surface area contributed by atoms with Crippen LogP contribution in [0.25, 0.3) is 0 Å². The van der Waals surface area contributed by atoms with Crippen molar-refractivity contribution in [2.45, 2.75) is 44.5 Å². The Morgan fingerprint density at radius 2 is 2.07 bits per heavy atom. The maximum atomic E-state index is 12.8. The Hall–Kier alpha value is -1.92. The quantitative estimate of drug-likeness (QED) is 0.816. The number of benzene rings is 1. The molecule has 1 spiro atoms. The van der Waals surface area contributed by atoms with E-state index in [1.165, 1.54) is 5.56 Å². The molecule has 4 aliphatic heterocycles. The molecule has 6 nitrogen and oxygen atoms in total. The molecule has 27 heavy (non-hydrogen) atoms. The van der Waals surface area contributed by atoms with Gasteiger partial charge in [0, 0.05) is 31.0 Å². The smallest absolute Gasteiger partial charge is 0.254 e. The molecular formula is C21H26N2O4. The number of rotatable bonds is 3. The first-order chi connectivity index (χ1) is 13.1. The normalized spacial score (nSPS) is 26.4. The monoisotopic (exact) mass is 370 g/mol. The third-order valence-corrected chi connectivity index (χ3v) is 6.50. The number of nitrogens with zero attached hydrogens (tertiary/aromatic N) is 2. The van der Waals surface area contributed by atoms with Crippen LogP contribution < -0.4 is 0 Å². The highest BCUT2D eigenvalue weighted by molar-refractivity contribution is 5.95. The van der Waals surface area contributed by atoms with Crippen LogP contribution in [0.3, 0.4) is 0 Å². The zero-order chi connectivity index (χ0) is 18.4. The second-order valence-corrected chi connectivity index (χ2v) is 8.48. The van der Waals surface area contributed by atoms with Gasteiger partial charge < -0.3 is 19.3 Å². The van der Waals surface area contributed by atoms with Gasteiger partial charge in [-0.1, -0.05) is 6.07 Å². The topological polar surface area (TPSA) is 59.1 Å². The maximum Gasteiger partial charge on any atom is 0.254 e. The summed E-state index contributed by atoms with van der Waals surface area (Å²) in [5, 5.41) is 0. The van der Waals surface area contributed by atoms with Crippen molar-refractivity contribution in [2.24, 2.45) is 5.92 Å². The number of hydrogen-bond acceptors (Lipinski definition) is 4. The van der Waals surface area contributed by atoms with Gasteiger partial charge in [0.15, 0.2) is 0 Å². The lowest BCUT2D eigenvalue weighted by Gasteiger charge is -2.53. The summed E-state index contributed by atoms with van der Waals surface area (Å²) in [5.74, 6) is 0.804. The number of carbonyl (C=O) groups excluding carboxylic acids is 2. The average molecular weight is 370 g/mol. The van der Waals surface area contributed by atoms with Gasteiger partial charge in [-0.15, -0.1) is 0 Å². The average Bonchev–Trinajstić information content (AvgIpc) is 3.28. The van der Waals surface area contributed by atoms with Gasteiger partial charge in [0.25, 0.3) is 5.91 Å². The van der Waals surface area contributed by atoms with Crippen molar-refractivity contribution in [1.29, 1.82) is 0 Å². The van der Waals surface area contributed by atoms with Crippen LogP contribution in [-0.2, 0) is 27.5 Å². The molecule has 0 bridgehead atoms. The predicted molar refractivity (Wildman–Crippen MR) is 98.1 cm³/mol. The number of ether oxygens (including phenoxy) is 2. The Balaban J connectivity index is 1.14. The van der Waals surface area contributed by atoms with Gasteiger partial charge in [0.1, 0.15) is 5.60 Å². The largest absolute Gasteiger partial charge is 0.372 e. The standard InChI is InChI=1S/C21H26N2O4/c24-19-2-1-7-22(19)9-15-5-6-21(27-10-15)13-23(14-21)20(25)16-3-4-17-11-26-12-18(17)8-16/h3-4,8,15H,1-2,5-7,9-14H2. The second kappa shape index (κ2) is 6.60. The van der Waals surface area contributed by atoms with Gasteiger partial charge >= 0.3 is 0 Å². The van der Waals surface area contributed by atoms with E-state index in [4.69, 9.17) is 9.47 Å². The van der Waals surface area contributed by atoms with Gasteiger partial charge in [-0.2, -0.15) is 0 Å². The first-order valence-corrected chi connectivity index (χ1v) is 10.0. The number of carbonyl (C=O) groups is 2. The van der Waals surface area contributed by atoms with Gasteiger partial charge in [-0.3, -0.25) is 9.59 Å². The Bertz CT molecular complexity index is 761. The van der Waals surface area contributed by atoms with Crippen molar-refractivity contribution in [2.75, 3.05) is 32.8 Å². The first kappa shape index (κ1) is 17.2. The van der Waals surface area contributed by atoms with E-state index < -0.39 is 0 Å². The molecule has 1 aromatic carbocycles. The molecule has 0 aromatic heterocycles. The number of fused-ring (bicyclic) bond motifs is 1. The fraction of sp³-hybridized carbons (Fsp3) is 0.619. The van der Waals surface area contributed by atoms with E-state index in [0.717, 1.165) is 43.5 Å². The molecule has 0 aliphatic carbocycles. The molecule has 1 aromatic rings. The highest BCUT2D eigenvalue weighted by Crippen LogP contribution is 2.37. The molecule has 1 unspecified atom stereocenters. The molecule has 144 valence electrons. The molecule has 0 N–H and O–H groups in total. The minimum atomic E-state index is -0.166. The Labute approximate surface area is 159 Å². The number of hydrogen-bond donors (Lipinski definition) is 0. The third-order valence-electron chi connectivity index (χ3n) is 6.50. The van der Waals surface area contributed by atoms with Crippen LogP contribution in [0, 0.1) is 5.92 Å². The van der Waals surface area contributed by atoms with Crippen molar-refractivity contribution in [3.63, 3.8) is 0 Å². The lowest BCUT2D eigenvalue weighted by Crippen LogP contribution is -2.66. The summed E-state index contributed by atoms with van der Waals surface area (Å²) in [6.45, 7) is 5.02. The summed E-state index contributed by atoms with van der Waals surface area (Å²) < 4.78 is 11.6. The van der Waals surface area contributed by atoms with E-state index in [1.807, 2.05) is 28.0 Å². The predicted octanol–water partition coefficient (Wildman–Crippen LogP) is 1.96. The van der Waals surface area contributed by atoms with Crippen molar-refractivity contribution in [1.82, 2.24) is 9.80 Å². The summed E-state index contributed by atoms with van der Waals surface area (Å²) in [5.41, 5.74) is 2.89. The lowest BCUT2D eigenvalue weighted by atomic mass is 9.82. The van der Waals surface area contributed by atoms with E-state index in [-0.39, 0.29) is 17.4 Å². The molecule has 0 saturated carbocycles. The molecule has 6 heteroatoms. The van der Waals surface area contributed by atoms with Crippen LogP contribution in [0.15, 0.2) is 18.2 Å². The molecular weight excluding hydrogens is 344 g/mol. The van der Waals surface area contributed by atoms with Gasteiger partial charge in [-0.25, -0.2) is 0 Å². The summed E-state index contributed by atoms with van der Waals surface area (Å²) in [4.78, 5) is 28.4. The first-order valence-electron chi connectivity index (χ1n) is 10.0. The highest BCUT2D eigenvalue weighted by Gasteiger charge is 2.48. The van der Waals surface area contributed by atoms with Gasteiger partial charge in [0.05, 0.1) is 32.9 Å². The Morgan fingerprint density at radius 1 is 1.22 bits per heavy atom. The fourth-order valence-corrected chi connectivity index (χ4v) is 4.80. The number of likely N-dealkylation sites (tertiary alicyclic amines) is 2. The summed E-state index contributed by atoms with van der Waals surface area (Å²) >= 11 is 0. The lowest BCUT2D eigenvalue weighted by molar-refractivity contribution is -0.169. The highest BCUT2D eigenvalue weighted by atomic mass is 16.5. The second-order valence-electron chi connectivity index (χ2n) is 8.48. The van der Waals surface area contributed by atoms with Crippen LogP contribution in [0.5, 0.6) is 0 Å². The van der Waals surface area contributed by atoms with Crippen molar-refractivity contribution in [3.05, 3.63) is 34.9 Å². The minimum absolute atomic E-state index is 0.0868. The number of amides is 2. The Morgan fingerprint density at radius 3 is 2.81 bits per heavy atom. The SMILES string of the molecule is O=C1CCCN1CC1CCC2(CN(C(=O)c3ccc4c(c3)COC4)C2)OC1. The van der Waals surface area contributed by atoms with Crippen LogP contribution in [0.2, 0.25) is 0 Å².